The monoisotopic (exact) mass is 294 g/mol. The van der Waals surface area contributed by atoms with E-state index in [-0.39, 0.29) is 17.5 Å². The van der Waals surface area contributed by atoms with Gasteiger partial charge in [0.25, 0.3) is 0 Å². The Morgan fingerprint density at radius 1 is 1.38 bits per heavy atom. The van der Waals surface area contributed by atoms with Gasteiger partial charge in [-0.1, -0.05) is 19.3 Å². The number of nitrogens with one attached hydrogen (secondary N) is 1. The number of nitrogens with zero attached hydrogens (tertiary/aromatic N) is 3. The van der Waals surface area contributed by atoms with Gasteiger partial charge in [0.1, 0.15) is 11.4 Å². The Bertz CT molecular complexity index is 533. The highest BCUT2D eigenvalue weighted by molar-refractivity contribution is 5.78. The van der Waals surface area contributed by atoms with Gasteiger partial charge in [0.05, 0.1) is 11.5 Å². The van der Waals surface area contributed by atoms with Crippen LogP contribution in [0, 0.1) is 29.9 Å². The van der Waals surface area contributed by atoms with Crippen LogP contribution in [0.5, 0.6) is 0 Å². The minimum absolute atomic E-state index is 0.0635. The lowest BCUT2D eigenvalue weighted by atomic mass is 9.89. The molecule has 1 amide bonds. The fraction of sp³-hybridized carbons (Fsp3) is 0.714. The van der Waals surface area contributed by atoms with Gasteiger partial charge in [-0.25, -0.2) is 0 Å². The Balaban J connectivity index is 1.87. The molecule has 1 heterocycles. The molecule has 0 spiro atoms. The normalized spacial score (nSPS) is 15.9. The van der Waals surface area contributed by atoms with Crippen LogP contribution in [-0.4, -0.2) is 27.2 Å². The SMILES string of the molecule is Cc1nn(CCNC(=O)C2CCCCC2)c(C)c1[N+](=O)[O-]. The Labute approximate surface area is 123 Å². The van der Waals surface area contributed by atoms with Gasteiger partial charge in [0.2, 0.25) is 5.91 Å². The minimum atomic E-state index is -0.408. The van der Waals surface area contributed by atoms with Crippen molar-refractivity contribution in [3.8, 4) is 0 Å². The topological polar surface area (TPSA) is 90.1 Å². The summed E-state index contributed by atoms with van der Waals surface area (Å²) in [5.74, 6) is 0.235. The molecule has 0 aliphatic heterocycles. The summed E-state index contributed by atoms with van der Waals surface area (Å²) in [6, 6.07) is 0. The first kappa shape index (κ1) is 15.5. The quantitative estimate of drug-likeness (QED) is 0.665. The van der Waals surface area contributed by atoms with Gasteiger partial charge >= 0.3 is 5.69 Å². The zero-order valence-electron chi connectivity index (χ0n) is 12.6. The summed E-state index contributed by atoms with van der Waals surface area (Å²) in [7, 11) is 0. The molecule has 1 fully saturated rings. The standard InChI is InChI=1S/C14H22N4O3/c1-10-13(18(20)21)11(2)17(16-10)9-8-15-14(19)12-6-4-3-5-7-12/h12H,3-9H2,1-2H3,(H,15,19). The van der Waals surface area contributed by atoms with E-state index < -0.39 is 4.92 Å². The largest absolute Gasteiger partial charge is 0.354 e. The number of hydrogen-bond donors (Lipinski definition) is 1. The molecule has 0 aromatic carbocycles. The molecule has 1 aromatic rings. The lowest BCUT2D eigenvalue weighted by Gasteiger charge is -2.20. The molecule has 0 radical (unpaired) electrons. The third-order valence-electron chi connectivity index (χ3n) is 4.12. The number of nitro groups is 1. The number of hydrogen-bond acceptors (Lipinski definition) is 4. The van der Waals surface area contributed by atoms with E-state index in [1.165, 1.54) is 6.42 Å². The summed E-state index contributed by atoms with van der Waals surface area (Å²) in [6.07, 6.45) is 5.41. The first-order valence-electron chi connectivity index (χ1n) is 7.47. The summed E-state index contributed by atoms with van der Waals surface area (Å²) < 4.78 is 1.59. The second kappa shape index (κ2) is 6.69. The van der Waals surface area contributed by atoms with Crippen molar-refractivity contribution >= 4 is 11.6 Å². The molecule has 1 N–H and O–H groups in total. The van der Waals surface area contributed by atoms with E-state index in [0.29, 0.717) is 24.5 Å². The summed E-state index contributed by atoms with van der Waals surface area (Å²) in [6.45, 7) is 4.22. The van der Waals surface area contributed by atoms with Gasteiger partial charge in [-0.05, 0) is 26.7 Å². The number of rotatable bonds is 5. The van der Waals surface area contributed by atoms with Crippen LogP contribution in [0.2, 0.25) is 0 Å². The van der Waals surface area contributed by atoms with Crippen molar-refractivity contribution in [1.29, 1.82) is 0 Å². The molecule has 0 saturated heterocycles. The molecule has 1 saturated carbocycles. The Morgan fingerprint density at radius 2 is 2.05 bits per heavy atom. The van der Waals surface area contributed by atoms with Crippen molar-refractivity contribution in [2.75, 3.05) is 6.54 Å². The highest BCUT2D eigenvalue weighted by Gasteiger charge is 2.23. The van der Waals surface area contributed by atoms with Crippen LogP contribution in [0.1, 0.15) is 43.5 Å². The number of carbonyl (C=O) groups is 1. The van der Waals surface area contributed by atoms with E-state index in [1.807, 2.05) is 0 Å². The lowest BCUT2D eigenvalue weighted by Crippen LogP contribution is -2.34. The van der Waals surface area contributed by atoms with E-state index in [2.05, 4.69) is 10.4 Å². The maximum absolute atomic E-state index is 12.0. The predicted molar refractivity (Wildman–Crippen MR) is 77.9 cm³/mol. The molecule has 2 rings (SSSR count). The first-order chi connectivity index (χ1) is 10.0. The summed E-state index contributed by atoms with van der Waals surface area (Å²) in [5.41, 5.74) is 1.01. The smallest absolute Gasteiger partial charge is 0.312 e. The summed E-state index contributed by atoms with van der Waals surface area (Å²) in [5, 5.41) is 18.0. The lowest BCUT2D eigenvalue weighted by molar-refractivity contribution is -0.386. The van der Waals surface area contributed by atoms with E-state index in [0.717, 1.165) is 25.7 Å². The number of aromatic nitrogens is 2. The number of carbonyl (C=O) groups excluding carboxylic acids is 1. The molecular weight excluding hydrogens is 272 g/mol. The Kier molecular flexibility index (Phi) is 4.93. The highest BCUT2D eigenvalue weighted by atomic mass is 16.6. The predicted octanol–water partition coefficient (Wildman–Crippen LogP) is 2.10. The average molecular weight is 294 g/mol. The molecule has 7 heteroatoms. The second-order valence-electron chi connectivity index (χ2n) is 5.63. The van der Waals surface area contributed by atoms with Crippen LogP contribution in [0.3, 0.4) is 0 Å². The summed E-state index contributed by atoms with van der Waals surface area (Å²) in [4.78, 5) is 22.5. The Morgan fingerprint density at radius 3 is 2.62 bits per heavy atom. The third-order valence-corrected chi connectivity index (χ3v) is 4.12. The molecule has 0 bridgehead atoms. The van der Waals surface area contributed by atoms with Gasteiger partial charge in [-0.3, -0.25) is 19.6 Å². The molecule has 1 aliphatic carbocycles. The number of amides is 1. The van der Waals surface area contributed by atoms with Gasteiger partial charge in [-0.15, -0.1) is 0 Å². The molecule has 1 aliphatic rings. The van der Waals surface area contributed by atoms with Gasteiger partial charge in [-0.2, -0.15) is 5.10 Å². The van der Waals surface area contributed by atoms with E-state index in [1.54, 1.807) is 18.5 Å². The first-order valence-corrected chi connectivity index (χ1v) is 7.47. The maximum atomic E-state index is 12.0. The van der Waals surface area contributed by atoms with Gasteiger partial charge < -0.3 is 5.32 Å². The number of aryl methyl sites for hydroxylation is 1. The second-order valence-corrected chi connectivity index (χ2v) is 5.63. The van der Waals surface area contributed by atoms with Crippen molar-refractivity contribution in [3.05, 3.63) is 21.5 Å². The zero-order valence-corrected chi connectivity index (χ0v) is 12.6. The molecular formula is C14H22N4O3. The Hall–Kier alpha value is -1.92. The fourth-order valence-corrected chi connectivity index (χ4v) is 2.96. The van der Waals surface area contributed by atoms with Crippen molar-refractivity contribution in [2.45, 2.75) is 52.5 Å². The maximum Gasteiger partial charge on any atom is 0.312 e. The van der Waals surface area contributed by atoms with Crippen molar-refractivity contribution in [1.82, 2.24) is 15.1 Å². The molecule has 0 unspecified atom stereocenters. The molecule has 0 atom stereocenters. The van der Waals surface area contributed by atoms with Crippen molar-refractivity contribution in [2.24, 2.45) is 5.92 Å². The fourth-order valence-electron chi connectivity index (χ4n) is 2.96. The highest BCUT2D eigenvalue weighted by Crippen LogP contribution is 2.24. The van der Waals surface area contributed by atoms with Crippen molar-refractivity contribution in [3.63, 3.8) is 0 Å². The van der Waals surface area contributed by atoms with Crippen LogP contribution in [0.15, 0.2) is 0 Å². The average Bonchev–Trinajstić information content (AvgIpc) is 2.74. The third kappa shape index (κ3) is 3.59. The van der Waals surface area contributed by atoms with E-state index >= 15 is 0 Å². The molecule has 21 heavy (non-hydrogen) atoms. The van der Waals surface area contributed by atoms with Crippen LogP contribution in [0.25, 0.3) is 0 Å². The minimum Gasteiger partial charge on any atom is -0.354 e. The van der Waals surface area contributed by atoms with Crippen LogP contribution < -0.4 is 5.32 Å². The van der Waals surface area contributed by atoms with Crippen LogP contribution >= 0.6 is 0 Å². The van der Waals surface area contributed by atoms with E-state index in [4.69, 9.17) is 0 Å². The van der Waals surface area contributed by atoms with E-state index in [9.17, 15) is 14.9 Å². The van der Waals surface area contributed by atoms with Crippen LogP contribution in [0.4, 0.5) is 5.69 Å². The summed E-state index contributed by atoms with van der Waals surface area (Å²) >= 11 is 0. The van der Waals surface area contributed by atoms with Crippen molar-refractivity contribution < 1.29 is 9.72 Å². The van der Waals surface area contributed by atoms with Crippen LogP contribution in [-0.2, 0) is 11.3 Å². The van der Waals surface area contributed by atoms with Gasteiger partial charge in [0, 0.05) is 12.5 Å². The van der Waals surface area contributed by atoms with Gasteiger partial charge in [0.15, 0.2) is 0 Å². The molecule has 1 aromatic heterocycles. The zero-order chi connectivity index (χ0) is 15.4. The molecule has 7 nitrogen and oxygen atoms in total. The molecule has 116 valence electrons.